The van der Waals surface area contributed by atoms with Gasteiger partial charge in [-0.25, -0.2) is 0 Å². The highest BCUT2D eigenvalue weighted by Crippen LogP contribution is 2.21. The van der Waals surface area contributed by atoms with Gasteiger partial charge in [-0.05, 0) is 19.4 Å². The van der Waals surface area contributed by atoms with Crippen LogP contribution in [-0.2, 0) is 4.74 Å². The van der Waals surface area contributed by atoms with Crippen LogP contribution in [0.2, 0.25) is 0 Å². The van der Waals surface area contributed by atoms with Crippen LogP contribution in [-0.4, -0.2) is 54.6 Å². The number of methoxy groups -OCH3 is 1. The maximum Gasteiger partial charge on any atom is 0.162 e. The predicted octanol–water partition coefficient (Wildman–Crippen LogP) is -0.177. The molecule has 0 aromatic carbocycles. The van der Waals surface area contributed by atoms with E-state index in [2.05, 4.69) is 10.2 Å². The first kappa shape index (κ1) is 15.3. The summed E-state index contributed by atoms with van der Waals surface area (Å²) in [4.78, 5) is 1.82. The van der Waals surface area contributed by atoms with Crippen molar-refractivity contribution in [1.82, 2.24) is 10.2 Å². The highest BCUT2D eigenvalue weighted by molar-refractivity contribution is 6.01. The van der Waals surface area contributed by atoms with E-state index in [0.29, 0.717) is 31.1 Å². The Morgan fingerprint density at radius 3 is 2.58 bits per heavy atom. The van der Waals surface area contributed by atoms with Crippen LogP contribution in [0.5, 0.6) is 0 Å². The van der Waals surface area contributed by atoms with Gasteiger partial charge in [-0.15, -0.1) is 5.10 Å². The lowest BCUT2D eigenvalue weighted by Crippen LogP contribution is -2.34. The molecule has 0 aliphatic carbocycles. The van der Waals surface area contributed by atoms with E-state index in [9.17, 15) is 0 Å². The summed E-state index contributed by atoms with van der Waals surface area (Å²) in [6.45, 7) is 5.10. The molecule has 106 valence electrons. The van der Waals surface area contributed by atoms with Crippen LogP contribution in [0.4, 0.5) is 5.82 Å². The van der Waals surface area contributed by atoms with Crippen LogP contribution < -0.4 is 10.6 Å². The van der Waals surface area contributed by atoms with Gasteiger partial charge in [-0.1, -0.05) is 0 Å². The SMILES string of the molecule is COCCN(CCO)c1nnc(C)c(C)c1C(=N)N. The molecule has 0 radical (unpaired) electrons. The zero-order valence-electron chi connectivity index (χ0n) is 11.6. The standard InChI is InChI=1S/C12H21N5O2/c1-8-9(2)15-16-12(10(8)11(13)14)17(4-6-18)5-7-19-3/h18H,4-7H2,1-3H3,(H3,13,14). The Morgan fingerprint density at radius 2 is 2.05 bits per heavy atom. The molecule has 4 N–H and O–H groups in total. The van der Waals surface area contributed by atoms with Crippen molar-refractivity contribution >= 4 is 11.7 Å². The lowest BCUT2D eigenvalue weighted by Gasteiger charge is -2.25. The molecule has 7 heteroatoms. The quantitative estimate of drug-likeness (QED) is 0.467. The summed E-state index contributed by atoms with van der Waals surface area (Å²) >= 11 is 0. The number of ether oxygens (including phenoxy) is 1. The zero-order chi connectivity index (χ0) is 14.4. The fraction of sp³-hybridized carbons (Fsp3) is 0.583. The molecule has 7 nitrogen and oxygen atoms in total. The second-order valence-corrected chi connectivity index (χ2v) is 4.23. The highest BCUT2D eigenvalue weighted by Gasteiger charge is 2.18. The Labute approximate surface area is 112 Å². The van der Waals surface area contributed by atoms with Crippen LogP contribution >= 0.6 is 0 Å². The Balaban J connectivity index is 3.21. The van der Waals surface area contributed by atoms with E-state index < -0.39 is 0 Å². The molecule has 0 atom stereocenters. The molecule has 19 heavy (non-hydrogen) atoms. The predicted molar refractivity (Wildman–Crippen MR) is 73.7 cm³/mol. The van der Waals surface area contributed by atoms with E-state index in [1.165, 1.54) is 0 Å². The third-order valence-electron chi connectivity index (χ3n) is 2.94. The molecule has 0 fully saturated rings. The second kappa shape index (κ2) is 7.01. The van der Waals surface area contributed by atoms with E-state index in [4.69, 9.17) is 21.0 Å². The number of nitrogen functional groups attached to an aromatic ring is 1. The lowest BCUT2D eigenvalue weighted by molar-refractivity contribution is 0.202. The van der Waals surface area contributed by atoms with E-state index >= 15 is 0 Å². The Hall–Kier alpha value is -1.73. The number of nitrogens with two attached hydrogens (primary N) is 1. The first-order valence-electron chi connectivity index (χ1n) is 6.06. The summed E-state index contributed by atoms with van der Waals surface area (Å²) in [7, 11) is 1.61. The molecule has 0 saturated heterocycles. The maximum absolute atomic E-state index is 9.14. The van der Waals surface area contributed by atoms with Crippen molar-refractivity contribution < 1.29 is 9.84 Å². The molecule has 1 heterocycles. The summed E-state index contributed by atoms with van der Waals surface area (Å²) in [6, 6.07) is 0. The minimum atomic E-state index is -0.0501. The molecule has 0 aliphatic rings. The van der Waals surface area contributed by atoms with Gasteiger partial charge in [0.1, 0.15) is 5.84 Å². The fourth-order valence-corrected chi connectivity index (χ4v) is 1.79. The van der Waals surface area contributed by atoms with Gasteiger partial charge in [-0.2, -0.15) is 5.10 Å². The molecule has 0 bridgehead atoms. The third kappa shape index (κ3) is 3.62. The molecular formula is C12H21N5O2. The van der Waals surface area contributed by atoms with Crippen LogP contribution in [0.25, 0.3) is 0 Å². The Kier molecular flexibility index (Phi) is 5.65. The van der Waals surface area contributed by atoms with Crippen molar-refractivity contribution in [2.24, 2.45) is 5.73 Å². The number of anilines is 1. The van der Waals surface area contributed by atoms with Gasteiger partial charge in [0.15, 0.2) is 5.82 Å². The maximum atomic E-state index is 9.14. The van der Waals surface area contributed by atoms with Crippen molar-refractivity contribution in [2.75, 3.05) is 38.3 Å². The summed E-state index contributed by atoms with van der Waals surface area (Å²) in [5.74, 6) is 0.465. The number of aliphatic hydroxyl groups excluding tert-OH is 1. The number of aryl methyl sites for hydroxylation is 1. The first-order valence-corrected chi connectivity index (χ1v) is 6.06. The summed E-state index contributed by atoms with van der Waals surface area (Å²) in [5.41, 5.74) is 7.78. The molecule has 1 rings (SSSR count). The number of aliphatic hydroxyl groups is 1. The molecule has 0 spiro atoms. The van der Waals surface area contributed by atoms with E-state index in [1.54, 1.807) is 7.11 Å². The molecule has 0 saturated carbocycles. The van der Waals surface area contributed by atoms with Crippen molar-refractivity contribution in [1.29, 1.82) is 5.41 Å². The van der Waals surface area contributed by atoms with Gasteiger partial charge in [0.25, 0.3) is 0 Å². The van der Waals surface area contributed by atoms with Gasteiger partial charge in [-0.3, -0.25) is 5.41 Å². The largest absolute Gasteiger partial charge is 0.395 e. The second-order valence-electron chi connectivity index (χ2n) is 4.23. The van der Waals surface area contributed by atoms with Crippen LogP contribution in [0.15, 0.2) is 0 Å². The molecule has 0 aliphatic heterocycles. The number of nitrogens with zero attached hydrogens (tertiary/aromatic N) is 3. The number of aromatic nitrogens is 2. The minimum Gasteiger partial charge on any atom is -0.395 e. The van der Waals surface area contributed by atoms with Crippen molar-refractivity contribution in [3.8, 4) is 0 Å². The first-order chi connectivity index (χ1) is 9.02. The lowest BCUT2D eigenvalue weighted by atomic mass is 10.1. The van der Waals surface area contributed by atoms with E-state index in [0.717, 1.165) is 11.3 Å². The van der Waals surface area contributed by atoms with Gasteiger partial charge >= 0.3 is 0 Å². The van der Waals surface area contributed by atoms with E-state index in [-0.39, 0.29) is 12.4 Å². The average Bonchev–Trinajstić information content (AvgIpc) is 2.37. The van der Waals surface area contributed by atoms with Crippen LogP contribution in [0, 0.1) is 19.3 Å². The highest BCUT2D eigenvalue weighted by atomic mass is 16.5. The van der Waals surface area contributed by atoms with Gasteiger partial charge in [0.2, 0.25) is 0 Å². The third-order valence-corrected chi connectivity index (χ3v) is 2.94. The van der Waals surface area contributed by atoms with Crippen LogP contribution in [0.1, 0.15) is 16.8 Å². The van der Waals surface area contributed by atoms with Crippen molar-refractivity contribution in [3.63, 3.8) is 0 Å². The number of amidine groups is 1. The number of nitrogens with one attached hydrogen (secondary N) is 1. The monoisotopic (exact) mass is 267 g/mol. The van der Waals surface area contributed by atoms with Gasteiger partial charge in [0, 0.05) is 20.2 Å². The minimum absolute atomic E-state index is 0.0182. The molecule has 1 aromatic heterocycles. The zero-order valence-corrected chi connectivity index (χ0v) is 11.6. The van der Waals surface area contributed by atoms with E-state index in [1.807, 2.05) is 18.7 Å². The topological polar surface area (TPSA) is 108 Å². The number of hydrogen-bond acceptors (Lipinski definition) is 6. The molecule has 0 unspecified atom stereocenters. The number of hydrogen-bond donors (Lipinski definition) is 3. The summed E-state index contributed by atoms with van der Waals surface area (Å²) in [6.07, 6.45) is 0. The van der Waals surface area contributed by atoms with Crippen molar-refractivity contribution in [3.05, 3.63) is 16.8 Å². The summed E-state index contributed by atoms with van der Waals surface area (Å²) in [5, 5.41) is 25.0. The molecule has 0 amide bonds. The van der Waals surface area contributed by atoms with Gasteiger partial charge < -0.3 is 20.5 Å². The van der Waals surface area contributed by atoms with Gasteiger partial charge in [0.05, 0.1) is 24.5 Å². The average molecular weight is 267 g/mol. The molecular weight excluding hydrogens is 246 g/mol. The smallest absolute Gasteiger partial charge is 0.162 e. The Bertz CT molecular complexity index is 450. The fourth-order valence-electron chi connectivity index (χ4n) is 1.79. The normalized spacial score (nSPS) is 10.5. The Morgan fingerprint density at radius 1 is 1.37 bits per heavy atom. The summed E-state index contributed by atoms with van der Waals surface area (Å²) < 4.78 is 5.04. The number of rotatable bonds is 7. The molecule has 1 aromatic rings. The van der Waals surface area contributed by atoms with Crippen molar-refractivity contribution in [2.45, 2.75) is 13.8 Å². The van der Waals surface area contributed by atoms with Crippen LogP contribution in [0.3, 0.4) is 0 Å².